The molecule has 0 bridgehead atoms. The molecule has 1 atom stereocenters. The monoisotopic (exact) mass is 343 g/mol. The van der Waals surface area contributed by atoms with Gasteiger partial charge in [0.25, 0.3) is 0 Å². The number of anilines is 1. The highest BCUT2D eigenvalue weighted by molar-refractivity contribution is 6.31. The average molecular weight is 344 g/mol. The minimum atomic E-state index is -0.0522. The predicted molar refractivity (Wildman–Crippen MR) is 98.2 cm³/mol. The Morgan fingerprint density at radius 2 is 2.00 bits per heavy atom. The van der Waals surface area contributed by atoms with Crippen LogP contribution in [0.1, 0.15) is 24.1 Å². The molecule has 0 spiro atoms. The van der Waals surface area contributed by atoms with Crippen molar-refractivity contribution in [1.82, 2.24) is 10.2 Å². The molecule has 1 amide bonds. The number of carbonyl (C=O) groups excluding carboxylic acids is 1. The number of hydrogen-bond acceptors (Lipinski definition) is 3. The SMILES string of the molecule is CC(=O)Nc1ccc(CN2CCNCC2c2ccccc2Cl)cc1. The molecule has 0 radical (unpaired) electrons. The molecule has 1 aliphatic rings. The summed E-state index contributed by atoms with van der Waals surface area (Å²) in [6.07, 6.45) is 0. The first kappa shape index (κ1) is 17.0. The van der Waals surface area contributed by atoms with E-state index in [4.69, 9.17) is 11.6 Å². The third-order valence-corrected chi connectivity index (χ3v) is 4.62. The van der Waals surface area contributed by atoms with Crippen molar-refractivity contribution in [2.24, 2.45) is 0 Å². The fourth-order valence-corrected chi connectivity index (χ4v) is 3.38. The van der Waals surface area contributed by atoms with E-state index in [0.717, 1.165) is 36.9 Å². The van der Waals surface area contributed by atoms with Gasteiger partial charge in [-0.25, -0.2) is 0 Å². The Labute approximate surface area is 147 Å². The standard InChI is InChI=1S/C19H22ClN3O/c1-14(24)22-16-8-6-15(7-9-16)13-23-11-10-21-12-19(23)17-4-2-3-5-18(17)20/h2-9,19,21H,10-13H2,1H3,(H,22,24). The molecule has 0 aromatic heterocycles. The zero-order valence-electron chi connectivity index (χ0n) is 13.8. The third kappa shape index (κ3) is 4.15. The second kappa shape index (κ2) is 7.79. The number of piperazine rings is 1. The van der Waals surface area contributed by atoms with Crippen LogP contribution in [0.25, 0.3) is 0 Å². The maximum Gasteiger partial charge on any atom is 0.221 e. The van der Waals surface area contributed by atoms with Crippen molar-refractivity contribution in [1.29, 1.82) is 0 Å². The molecule has 2 aromatic rings. The lowest BCUT2D eigenvalue weighted by Crippen LogP contribution is -2.45. The number of nitrogens with one attached hydrogen (secondary N) is 2. The van der Waals surface area contributed by atoms with Crippen molar-refractivity contribution in [2.45, 2.75) is 19.5 Å². The van der Waals surface area contributed by atoms with Gasteiger partial charge >= 0.3 is 0 Å². The van der Waals surface area contributed by atoms with E-state index in [9.17, 15) is 4.79 Å². The van der Waals surface area contributed by atoms with Gasteiger partial charge in [-0.15, -0.1) is 0 Å². The van der Waals surface area contributed by atoms with E-state index in [1.165, 1.54) is 18.1 Å². The van der Waals surface area contributed by atoms with Crippen LogP contribution in [0, 0.1) is 0 Å². The number of halogens is 1. The number of hydrogen-bond donors (Lipinski definition) is 2. The highest BCUT2D eigenvalue weighted by Gasteiger charge is 2.25. The lowest BCUT2D eigenvalue weighted by molar-refractivity contribution is -0.114. The summed E-state index contributed by atoms with van der Waals surface area (Å²) in [7, 11) is 0. The van der Waals surface area contributed by atoms with Crippen LogP contribution in [0.4, 0.5) is 5.69 Å². The fourth-order valence-electron chi connectivity index (χ4n) is 3.12. The van der Waals surface area contributed by atoms with Gasteiger partial charge in [-0.3, -0.25) is 9.69 Å². The van der Waals surface area contributed by atoms with E-state index in [-0.39, 0.29) is 11.9 Å². The number of benzene rings is 2. The molecule has 126 valence electrons. The largest absolute Gasteiger partial charge is 0.326 e. The van der Waals surface area contributed by atoms with E-state index >= 15 is 0 Å². The summed E-state index contributed by atoms with van der Waals surface area (Å²) in [6.45, 7) is 5.22. The van der Waals surface area contributed by atoms with Crippen molar-refractivity contribution in [2.75, 3.05) is 25.0 Å². The van der Waals surface area contributed by atoms with Crippen molar-refractivity contribution < 1.29 is 4.79 Å². The van der Waals surface area contributed by atoms with Crippen LogP contribution < -0.4 is 10.6 Å². The Balaban J connectivity index is 1.74. The van der Waals surface area contributed by atoms with Crippen LogP contribution in [-0.2, 0) is 11.3 Å². The molecule has 1 heterocycles. The van der Waals surface area contributed by atoms with Gasteiger partial charge < -0.3 is 10.6 Å². The summed E-state index contributed by atoms with van der Waals surface area (Å²) in [5.74, 6) is -0.0522. The molecule has 0 saturated carbocycles. The van der Waals surface area contributed by atoms with Gasteiger partial charge in [0, 0.05) is 49.9 Å². The first-order valence-electron chi connectivity index (χ1n) is 8.19. The van der Waals surface area contributed by atoms with Gasteiger partial charge in [-0.1, -0.05) is 41.9 Å². The zero-order valence-corrected chi connectivity index (χ0v) is 14.5. The lowest BCUT2D eigenvalue weighted by atomic mass is 10.0. The van der Waals surface area contributed by atoms with Crippen LogP contribution in [0.15, 0.2) is 48.5 Å². The van der Waals surface area contributed by atoms with Crippen LogP contribution in [-0.4, -0.2) is 30.4 Å². The smallest absolute Gasteiger partial charge is 0.221 e. The Kier molecular flexibility index (Phi) is 5.51. The number of carbonyl (C=O) groups is 1. The summed E-state index contributed by atoms with van der Waals surface area (Å²) in [5.41, 5.74) is 3.22. The molecule has 2 N–H and O–H groups in total. The topological polar surface area (TPSA) is 44.4 Å². The normalized spacial score (nSPS) is 18.3. The average Bonchev–Trinajstić information content (AvgIpc) is 2.57. The number of rotatable bonds is 4. The van der Waals surface area contributed by atoms with Gasteiger partial charge in [0.15, 0.2) is 0 Å². The van der Waals surface area contributed by atoms with Gasteiger partial charge in [0.1, 0.15) is 0 Å². The summed E-state index contributed by atoms with van der Waals surface area (Å²) >= 11 is 6.40. The maximum atomic E-state index is 11.1. The maximum absolute atomic E-state index is 11.1. The Bertz CT molecular complexity index is 702. The molecular weight excluding hydrogens is 322 g/mol. The van der Waals surface area contributed by atoms with Gasteiger partial charge in [-0.05, 0) is 29.3 Å². The third-order valence-electron chi connectivity index (χ3n) is 4.28. The first-order chi connectivity index (χ1) is 11.6. The van der Waals surface area contributed by atoms with Gasteiger partial charge in [0.05, 0.1) is 0 Å². The van der Waals surface area contributed by atoms with E-state index < -0.39 is 0 Å². The molecule has 2 aromatic carbocycles. The van der Waals surface area contributed by atoms with Crippen LogP contribution >= 0.6 is 11.6 Å². The molecule has 1 aliphatic heterocycles. The van der Waals surface area contributed by atoms with Crippen LogP contribution in [0.2, 0.25) is 5.02 Å². The van der Waals surface area contributed by atoms with Crippen LogP contribution in [0.3, 0.4) is 0 Å². The number of nitrogens with zero attached hydrogens (tertiary/aromatic N) is 1. The Morgan fingerprint density at radius 3 is 2.71 bits per heavy atom. The molecule has 1 unspecified atom stereocenters. The molecule has 5 heteroatoms. The second-order valence-electron chi connectivity index (χ2n) is 6.09. The summed E-state index contributed by atoms with van der Waals surface area (Å²) in [4.78, 5) is 13.6. The molecule has 4 nitrogen and oxygen atoms in total. The molecule has 24 heavy (non-hydrogen) atoms. The highest BCUT2D eigenvalue weighted by Crippen LogP contribution is 2.29. The van der Waals surface area contributed by atoms with E-state index in [2.05, 4.69) is 33.7 Å². The van der Waals surface area contributed by atoms with Gasteiger partial charge in [0.2, 0.25) is 5.91 Å². The second-order valence-corrected chi connectivity index (χ2v) is 6.50. The summed E-state index contributed by atoms with van der Waals surface area (Å²) < 4.78 is 0. The first-order valence-corrected chi connectivity index (χ1v) is 8.57. The van der Waals surface area contributed by atoms with Crippen LogP contribution in [0.5, 0.6) is 0 Å². The molecule has 1 saturated heterocycles. The minimum absolute atomic E-state index is 0.0522. The molecule has 0 aliphatic carbocycles. The van der Waals surface area contributed by atoms with Crippen molar-refractivity contribution >= 4 is 23.2 Å². The Hall–Kier alpha value is -1.88. The van der Waals surface area contributed by atoms with E-state index in [1.807, 2.05) is 30.3 Å². The van der Waals surface area contributed by atoms with Crippen molar-refractivity contribution in [3.63, 3.8) is 0 Å². The van der Waals surface area contributed by atoms with E-state index in [1.54, 1.807) is 0 Å². The van der Waals surface area contributed by atoms with Crippen molar-refractivity contribution in [3.05, 3.63) is 64.7 Å². The minimum Gasteiger partial charge on any atom is -0.326 e. The predicted octanol–water partition coefficient (Wildman–Crippen LogP) is 3.44. The Morgan fingerprint density at radius 1 is 1.25 bits per heavy atom. The van der Waals surface area contributed by atoms with Gasteiger partial charge in [-0.2, -0.15) is 0 Å². The quantitative estimate of drug-likeness (QED) is 0.893. The lowest BCUT2D eigenvalue weighted by Gasteiger charge is -2.37. The number of amides is 1. The molecular formula is C19H22ClN3O. The van der Waals surface area contributed by atoms with E-state index in [0.29, 0.717) is 0 Å². The fraction of sp³-hybridized carbons (Fsp3) is 0.316. The molecule has 1 fully saturated rings. The summed E-state index contributed by atoms with van der Waals surface area (Å²) in [5, 5.41) is 7.07. The van der Waals surface area contributed by atoms with Crippen molar-refractivity contribution in [3.8, 4) is 0 Å². The summed E-state index contributed by atoms with van der Waals surface area (Å²) in [6, 6.07) is 16.4. The molecule has 3 rings (SSSR count). The highest BCUT2D eigenvalue weighted by atomic mass is 35.5. The zero-order chi connectivity index (χ0) is 16.9.